The van der Waals surface area contributed by atoms with Crippen LogP contribution in [-0.2, 0) is 10.0 Å². The van der Waals surface area contributed by atoms with Crippen LogP contribution in [0.2, 0.25) is 5.02 Å². The molecule has 2 aromatic rings. The smallest absolute Gasteiger partial charge is 0.289 e. The summed E-state index contributed by atoms with van der Waals surface area (Å²) in [6.45, 7) is 0. The van der Waals surface area contributed by atoms with Gasteiger partial charge in [-0.15, -0.1) is 0 Å². The highest BCUT2D eigenvalue weighted by Gasteiger charge is 2.21. The van der Waals surface area contributed by atoms with Gasteiger partial charge in [0.1, 0.15) is 16.6 Å². The van der Waals surface area contributed by atoms with Gasteiger partial charge >= 0.3 is 0 Å². The van der Waals surface area contributed by atoms with Crippen molar-refractivity contribution >= 4 is 33.0 Å². The van der Waals surface area contributed by atoms with Gasteiger partial charge in [-0.2, -0.15) is 0 Å². The zero-order valence-electron chi connectivity index (χ0n) is 11.6. The second-order valence-electron chi connectivity index (χ2n) is 4.36. The number of halogens is 2. The van der Waals surface area contributed by atoms with E-state index in [-0.39, 0.29) is 21.4 Å². The second-order valence-corrected chi connectivity index (χ2v) is 6.45. The molecular formula is C13H10ClFN2O5S. The van der Waals surface area contributed by atoms with E-state index in [9.17, 15) is 22.9 Å². The molecule has 0 spiro atoms. The van der Waals surface area contributed by atoms with Crippen molar-refractivity contribution < 1.29 is 22.5 Å². The zero-order valence-corrected chi connectivity index (χ0v) is 13.2. The molecule has 23 heavy (non-hydrogen) atoms. The molecule has 1 N–H and O–H groups in total. The number of nitrogens with zero attached hydrogens (tertiary/aromatic N) is 1. The minimum absolute atomic E-state index is 0.0838. The van der Waals surface area contributed by atoms with E-state index in [1.165, 1.54) is 13.2 Å². The maximum atomic E-state index is 13.4. The lowest BCUT2D eigenvalue weighted by Crippen LogP contribution is -2.13. The first kappa shape index (κ1) is 17.0. The summed E-state index contributed by atoms with van der Waals surface area (Å²) in [5, 5.41) is 10.6. The normalized spacial score (nSPS) is 11.1. The lowest BCUT2D eigenvalue weighted by Gasteiger charge is -2.10. The Bertz CT molecular complexity index is 873. The number of nitro benzene ring substituents is 1. The van der Waals surface area contributed by atoms with E-state index in [0.29, 0.717) is 0 Å². The van der Waals surface area contributed by atoms with Gasteiger partial charge in [0.05, 0.1) is 22.6 Å². The summed E-state index contributed by atoms with van der Waals surface area (Å²) < 4.78 is 44.9. The third-order valence-electron chi connectivity index (χ3n) is 2.78. The van der Waals surface area contributed by atoms with Crippen LogP contribution in [0.4, 0.5) is 15.8 Å². The van der Waals surface area contributed by atoms with Gasteiger partial charge in [0.15, 0.2) is 0 Å². The van der Waals surface area contributed by atoms with Crippen LogP contribution in [0.5, 0.6) is 5.75 Å². The number of benzene rings is 2. The van der Waals surface area contributed by atoms with Gasteiger partial charge < -0.3 is 4.74 Å². The molecule has 10 heteroatoms. The molecule has 0 amide bonds. The number of ether oxygens (including phenoxy) is 1. The Morgan fingerprint density at radius 3 is 2.57 bits per heavy atom. The van der Waals surface area contributed by atoms with Crippen molar-refractivity contribution in [1.82, 2.24) is 0 Å². The van der Waals surface area contributed by atoms with Gasteiger partial charge in [-0.3, -0.25) is 14.8 Å². The van der Waals surface area contributed by atoms with Crippen LogP contribution in [0, 0.1) is 15.9 Å². The lowest BCUT2D eigenvalue weighted by molar-refractivity contribution is -0.384. The number of hydrogen-bond donors (Lipinski definition) is 1. The molecular weight excluding hydrogens is 351 g/mol. The van der Waals surface area contributed by atoms with Crippen LogP contribution in [0.15, 0.2) is 41.3 Å². The first-order valence-corrected chi connectivity index (χ1v) is 7.90. The van der Waals surface area contributed by atoms with Gasteiger partial charge in [0.2, 0.25) is 0 Å². The van der Waals surface area contributed by atoms with Gasteiger partial charge in [0.25, 0.3) is 15.7 Å². The first-order chi connectivity index (χ1) is 10.7. The number of rotatable bonds is 5. The molecule has 0 radical (unpaired) electrons. The zero-order chi connectivity index (χ0) is 17.2. The van der Waals surface area contributed by atoms with E-state index < -0.39 is 26.5 Å². The molecule has 2 aromatic carbocycles. The van der Waals surface area contributed by atoms with Crippen LogP contribution in [0.1, 0.15) is 0 Å². The van der Waals surface area contributed by atoms with Crippen molar-refractivity contribution in [3.05, 3.63) is 57.4 Å². The average Bonchev–Trinajstić information content (AvgIpc) is 2.45. The fourth-order valence-corrected chi connectivity index (χ4v) is 3.00. The fourth-order valence-electron chi connectivity index (χ4n) is 1.75. The quantitative estimate of drug-likeness (QED) is 0.652. The summed E-state index contributed by atoms with van der Waals surface area (Å²) >= 11 is 5.64. The molecule has 0 aliphatic heterocycles. The Morgan fingerprint density at radius 1 is 1.26 bits per heavy atom. The standard InChI is InChI=1S/C13H10ClFN2O5S/c1-22-10-5-8(15)4-9(6-10)16-23(20,21)11-2-3-12(14)13(7-11)17(18)19/h2-7,16H,1H3. The highest BCUT2D eigenvalue weighted by atomic mass is 35.5. The Kier molecular flexibility index (Phi) is 4.71. The Labute approximate surface area is 135 Å². The first-order valence-electron chi connectivity index (χ1n) is 6.04. The number of nitrogens with one attached hydrogen (secondary N) is 1. The highest BCUT2D eigenvalue weighted by molar-refractivity contribution is 7.92. The van der Waals surface area contributed by atoms with E-state index in [2.05, 4.69) is 4.72 Å². The molecule has 2 rings (SSSR count). The Hall–Kier alpha value is -2.39. The summed E-state index contributed by atoms with van der Waals surface area (Å²) in [6.07, 6.45) is 0. The van der Waals surface area contributed by atoms with Crippen molar-refractivity contribution in [2.45, 2.75) is 4.90 Å². The molecule has 0 aromatic heterocycles. The molecule has 0 heterocycles. The maximum absolute atomic E-state index is 13.4. The second kappa shape index (κ2) is 6.39. The lowest BCUT2D eigenvalue weighted by atomic mass is 10.3. The molecule has 122 valence electrons. The molecule has 7 nitrogen and oxygen atoms in total. The summed E-state index contributed by atoms with van der Waals surface area (Å²) in [4.78, 5) is 9.65. The molecule has 0 bridgehead atoms. The van der Waals surface area contributed by atoms with Gasteiger partial charge in [-0.05, 0) is 18.2 Å². The number of sulfonamides is 1. The van der Waals surface area contributed by atoms with Crippen molar-refractivity contribution in [2.24, 2.45) is 0 Å². The van der Waals surface area contributed by atoms with Crippen molar-refractivity contribution in [2.75, 3.05) is 11.8 Å². The predicted molar refractivity (Wildman–Crippen MR) is 81.9 cm³/mol. The van der Waals surface area contributed by atoms with Gasteiger partial charge in [-0.25, -0.2) is 12.8 Å². The third-order valence-corrected chi connectivity index (χ3v) is 4.48. The van der Waals surface area contributed by atoms with Crippen LogP contribution in [0.25, 0.3) is 0 Å². The van der Waals surface area contributed by atoms with E-state index >= 15 is 0 Å². The minimum Gasteiger partial charge on any atom is -0.497 e. The van der Waals surface area contributed by atoms with Crippen molar-refractivity contribution in [1.29, 1.82) is 0 Å². The molecule has 0 unspecified atom stereocenters. The average molecular weight is 361 g/mol. The van der Waals surface area contributed by atoms with E-state index in [1.807, 2.05) is 0 Å². The SMILES string of the molecule is COc1cc(F)cc(NS(=O)(=O)c2ccc(Cl)c([N+](=O)[O-])c2)c1. The minimum atomic E-state index is -4.16. The summed E-state index contributed by atoms with van der Waals surface area (Å²) in [5.41, 5.74) is -0.634. The Balaban J connectivity index is 2.41. The largest absolute Gasteiger partial charge is 0.497 e. The van der Waals surface area contributed by atoms with Crippen LogP contribution < -0.4 is 9.46 Å². The highest BCUT2D eigenvalue weighted by Crippen LogP contribution is 2.28. The van der Waals surface area contributed by atoms with Gasteiger partial charge in [0, 0.05) is 18.2 Å². The number of methoxy groups -OCH3 is 1. The number of nitro groups is 1. The molecule has 0 saturated heterocycles. The molecule has 0 atom stereocenters. The van der Waals surface area contributed by atoms with Crippen molar-refractivity contribution in [3.8, 4) is 5.75 Å². The predicted octanol–water partition coefficient (Wildman–Crippen LogP) is 3.20. The number of hydrogen-bond acceptors (Lipinski definition) is 5. The molecule has 0 aliphatic carbocycles. The van der Waals surface area contributed by atoms with E-state index in [1.54, 1.807) is 0 Å². The monoisotopic (exact) mass is 360 g/mol. The van der Waals surface area contributed by atoms with Crippen LogP contribution in [-0.4, -0.2) is 20.5 Å². The fraction of sp³-hybridized carbons (Fsp3) is 0.0769. The number of anilines is 1. The summed E-state index contributed by atoms with van der Waals surface area (Å²) in [6, 6.07) is 6.32. The molecule has 0 aliphatic rings. The Morgan fingerprint density at radius 2 is 1.96 bits per heavy atom. The summed E-state index contributed by atoms with van der Waals surface area (Å²) in [5.74, 6) is -0.589. The molecule has 0 fully saturated rings. The summed E-state index contributed by atoms with van der Waals surface area (Å²) in [7, 11) is -2.86. The third kappa shape index (κ3) is 3.88. The van der Waals surface area contributed by atoms with Crippen LogP contribution in [0.3, 0.4) is 0 Å². The molecule has 0 saturated carbocycles. The maximum Gasteiger partial charge on any atom is 0.289 e. The van der Waals surface area contributed by atoms with Gasteiger partial charge in [-0.1, -0.05) is 11.6 Å². The van der Waals surface area contributed by atoms with Crippen molar-refractivity contribution in [3.63, 3.8) is 0 Å². The topological polar surface area (TPSA) is 98.5 Å². The van der Waals surface area contributed by atoms with E-state index in [4.69, 9.17) is 16.3 Å². The van der Waals surface area contributed by atoms with E-state index in [0.717, 1.165) is 30.3 Å². The van der Waals surface area contributed by atoms with Crippen LogP contribution >= 0.6 is 11.6 Å².